The maximum absolute atomic E-state index is 6.05. The summed E-state index contributed by atoms with van der Waals surface area (Å²) in [6, 6.07) is 8.84. The molecule has 1 aromatic carbocycles. The fourth-order valence-corrected chi connectivity index (χ4v) is 6.50. The maximum Gasteiger partial charge on any atom is 0.377 e. The molecule has 0 saturated carbocycles. The van der Waals surface area contributed by atoms with E-state index in [1.807, 2.05) is 0 Å². The van der Waals surface area contributed by atoms with Crippen LogP contribution in [0.15, 0.2) is 24.3 Å². The van der Waals surface area contributed by atoms with E-state index in [2.05, 4.69) is 65.8 Å². The van der Waals surface area contributed by atoms with E-state index in [1.54, 1.807) is 14.2 Å². The van der Waals surface area contributed by atoms with Gasteiger partial charge in [0.15, 0.2) is 0 Å². The Balaban J connectivity index is 3.45. The minimum absolute atomic E-state index is 0.0193. The molecule has 0 aromatic heterocycles. The van der Waals surface area contributed by atoms with Gasteiger partial charge in [-0.05, 0) is 29.0 Å². The molecule has 0 amide bonds. The Morgan fingerprint density at radius 3 is 1.95 bits per heavy atom. The zero-order valence-corrected chi connectivity index (χ0v) is 16.0. The summed E-state index contributed by atoms with van der Waals surface area (Å²) in [5, 5.41) is 1.25. The zero-order chi connectivity index (χ0) is 16.3. The molecule has 2 nitrogen and oxygen atoms in total. The Kier molecular flexibility index (Phi) is 5.81. The van der Waals surface area contributed by atoms with Crippen molar-refractivity contribution in [1.82, 2.24) is 0 Å². The lowest BCUT2D eigenvalue weighted by molar-refractivity contribution is 0.223. The van der Waals surface area contributed by atoms with Gasteiger partial charge in [-0.2, -0.15) is 0 Å². The Morgan fingerprint density at radius 2 is 1.52 bits per heavy atom. The highest BCUT2D eigenvalue weighted by Gasteiger charge is 2.51. The summed E-state index contributed by atoms with van der Waals surface area (Å²) in [6.45, 7) is 13.5. The van der Waals surface area contributed by atoms with Gasteiger partial charge in [0.1, 0.15) is 0 Å². The molecule has 1 rings (SSSR count). The first kappa shape index (κ1) is 18.4. The van der Waals surface area contributed by atoms with Crippen molar-refractivity contribution in [2.75, 3.05) is 14.2 Å². The molecule has 0 unspecified atom stereocenters. The molecule has 0 N–H and O–H groups in total. The van der Waals surface area contributed by atoms with Gasteiger partial charge in [0.2, 0.25) is 0 Å². The van der Waals surface area contributed by atoms with E-state index >= 15 is 0 Å². The molecule has 0 heterocycles. The van der Waals surface area contributed by atoms with Crippen LogP contribution in [0.5, 0.6) is 0 Å². The molecule has 0 spiro atoms. The van der Waals surface area contributed by atoms with Gasteiger partial charge in [0, 0.05) is 19.3 Å². The van der Waals surface area contributed by atoms with Gasteiger partial charge in [-0.3, -0.25) is 0 Å². The highest BCUT2D eigenvalue weighted by Crippen LogP contribution is 2.41. The molecule has 0 saturated heterocycles. The first-order chi connectivity index (χ1) is 9.70. The Morgan fingerprint density at radius 1 is 0.952 bits per heavy atom. The standard InChI is InChI=1S/C18H32O2Si/c1-9-17(3,4)15-12-11-13-16(14-15)21(19-7,20-8)18(5,6)10-2/h11-14H,9-10H2,1-8H3. The van der Waals surface area contributed by atoms with Gasteiger partial charge in [-0.1, -0.05) is 65.8 Å². The number of hydrogen-bond donors (Lipinski definition) is 0. The van der Waals surface area contributed by atoms with Crippen molar-refractivity contribution in [2.45, 2.75) is 64.8 Å². The third kappa shape index (κ3) is 3.25. The van der Waals surface area contributed by atoms with Crippen LogP contribution in [0.4, 0.5) is 0 Å². The third-order valence-corrected chi connectivity index (χ3v) is 9.61. The predicted octanol–water partition coefficient (Wildman–Crippen LogP) is 4.51. The molecule has 0 aliphatic rings. The molecule has 0 atom stereocenters. The minimum atomic E-state index is -2.47. The SMILES string of the molecule is CCC(C)(C)c1cccc([Si](OC)(OC)C(C)(C)CC)c1. The molecule has 1 aromatic rings. The van der Waals surface area contributed by atoms with Crippen LogP contribution in [-0.2, 0) is 14.3 Å². The second-order valence-electron chi connectivity index (χ2n) is 7.08. The number of hydrogen-bond acceptors (Lipinski definition) is 2. The lowest BCUT2D eigenvalue weighted by Gasteiger charge is -2.41. The first-order valence-electron chi connectivity index (χ1n) is 7.92. The summed E-state index contributed by atoms with van der Waals surface area (Å²) in [5.74, 6) is 0. The third-order valence-electron chi connectivity index (χ3n) is 5.26. The van der Waals surface area contributed by atoms with Crippen molar-refractivity contribution in [3.63, 3.8) is 0 Å². The van der Waals surface area contributed by atoms with E-state index in [-0.39, 0.29) is 10.5 Å². The molecule has 0 aliphatic carbocycles. The minimum Gasteiger partial charge on any atom is -0.394 e. The van der Waals surface area contributed by atoms with E-state index in [0.29, 0.717) is 0 Å². The smallest absolute Gasteiger partial charge is 0.377 e. The molecular weight excluding hydrogens is 276 g/mol. The van der Waals surface area contributed by atoms with E-state index in [0.717, 1.165) is 12.8 Å². The summed E-state index contributed by atoms with van der Waals surface area (Å²) >= 11 is 0. The monoisotopic (exact) mass is 308 g/mol. The average molecular weight is 309 g/mol. The number of benzene rings is 1. The molecular formula is C18H32O2Si. The molecule has 0 radical (unpaired) electrons. The van der Waals surface area contributed by atoms with Gasteiger partial charge < -0.3 is 8.85 Å². The van der Waals surface area contributed by atoms with Crippen LogP contribution in [0.1, 0.15) is 59.9 Å². The lowest BCUT2D eigenvalue weighted by atomic mass is 9.82. The highest BCUT2D eigenvalue weighted by molar-refractivity contribution is 6.83. The van der Waals surface area contributed by atoms with Gasteiger partial charge >= 0.3 is 8.56 Å². The molecule has 21 heavy (non-hydrogen) atoms. The lowest BCUT2D eigenvalue weighted by Crippen LogP contribution is -2.60. The average Bonchev–Trinajstić information content (AvgIpc) is 2.49. The summed E-state index contributed by atoms with van der Waals surface area (Å²) in [4.78, 5) is 0. The topological polar surface area (TPSA) is 18.5 Å². The van der Waals surface area contributed by atoms with Crippen molar-refractivity contribution >= 4 is 13.7 Å². The molecule has 0 fully saturated rings. The van der Waals surface area contributed by atoms with Gasteiger partial charge in [-0.25, -0.2) is 0 Å². The van der Waals surface area contributed by atoms with Crippen LogP contribution in [0.25, 0.3) is 0 Å². The van der Waals surface area contributed by atoms with Crippen LogP contribution < -0.4 is 5.19 Å². The van der Waals surface area contributed by atoms with Crippen LogP contribution in [0.3, 0.4) is 0 Å². The van der Waals surface area contributed by atoms with Crippen LogP contribution in [0, 0.1) is 0 Å². The molecule has 120 valence electrons. The van der Waals surface area contributed by atoms with Crippen LogP contribution in [-0.4, -0.2) is 22.8 Å². The Hall–Kier alpha value is -0.643. The predicted molar refractivity (Wildman–Crippen MR) is 93.5 cm³/mol. The van der Waals surface area contributed by atoms with Crippen molar-refractivity contribution in [3.8, 4) is 0 Å². The largest absolute Gasteiger partial charge is 0.394 e. The van der Waals surface area contributed by atoms with Gasteiger partial charge in [-0.15, -0.1) is 0 Å². The fraction of sp³-hybridized carbons (Fsp3) is 0.667. The molecule has 0 aliphatic heterocycles. The van der Waals surface area contributed by atoms with Crippen LogP contribution >= 0.6 is 0 Å². The fourth-order valence-electron chi connectivity index (χ4n) is 2.84. The van der Waals surface area contributed by atoms with E-state index in [1.165, 1.54) is 10.8 Å². The first-order valence-corrected chi connectivity index (χ1v) is 9.73. The van der Waals surface area contributed by atoms with Gasteiger partial charge in [0.25, 0.3) is 0 Å². The Labute approximate surface area is 132 Å². The van der Waals surface area contributed by atoms with E-state index in [9.17, 15) is 0 Å². The zero-order valence-electron chi connectivity index (χ0n) is 15.0. The summed E-state index contributed by atoms with van der Waals surface area (Å²) in [6.07, 6.45) is 2.14. The van der Waals surface area contributed by atoms with E-state index < -0.39 is 8.56 Å². The second-order valence-corrected chi connectivity index (χ2v) is 11.1. The van der Waals surface area contributed by atoms with Crippen molar-refractivity contribution < 1.29 is 8.85 Å². The molecule has 0 bridgehead atoms. The Bertz CT molecular complexity index is 462. The normalized spacial score (nSPS) is 13.5. The highest BCUT2D eigenvalue weighted by atomic mass is 28.4. The van der Waals surface area contributed by atoms with E-state index in [4.69, 9.17) is 8.85 Å². The summed E-state index contributed by atoms with van der Waals surface area (Å²) < 4.78 is 12.1. The quantitative estimate of drug-likeness (QED) is 0.690. The van der Waals surface area contributed by atoms with Gasteiger partial charge in [0.05, 0.1) is 0 Å². The molecule has 3 heteroatoms. The second kappa shape index (κ2) is 6.63. The summed E-state index contributed by atoms with van der Waals surface area (Å²) in [5.41, 5.74) is 1.54. The van der Waals surface area contributed by atoms with Crippen molar-refractivity contribution in [2.24, 2.45) is 0 Å². The van der Waals surface area contributed by atoms with Crippen molar-refractivity contribution in [3.05, 3.63) is 29.8 Å². The van der Waals surface area contributed by atoms with Crippen molar-refractivity contribution in [1.29, 1.82) is 0 Å². The summed E-state index contributed by atoms with van der Waals surface area (Å²) in [7, 11) is 1.12. The van der Waals surface area contributed by atoms with Crippen LogP contribution in [0.2, 0.25) is 5.04 Å². The number of rotatable bonds is 7. The maximum atomic E-state index is 6.05.